The van der Waals surface area contributed by atoms with E-state index in [0.29, 0.717) is 0 Å². The Hall–Kier alpha value is -1.13. The molecule has 1 unspecified atom stereocenters. The zero-order valence-corrected chi connectivity index (χ0v) is 11.8. The van der Waals surface area contributed by atoms with Gasteiger partial charge in [-0.05, 0) is 44.4 Å². The molecule has 1 aromatic rings. The molecule has 2 fully saturated rings. The van der Waals surface area contributed by atoms with Gasteiger partial charge in [-0.1, -0.05) is 6.07 Å². The first-order chi connectivity index (χ1) is 9.24. The molecule has 0 amide bonds. The molecule has 0 aliphatic carbocycles. The smallest absolute Gasteiger partial charge is 0.128 e. The van der Waals surface area contributed by atoms with Crippen molar-refractivity contribution < 1.29 is 0 Å². The van der Waals surface area contributed by atoms with E-state index in [1.165, 1.54) is 32.4 Å². The fourth-order valence-electron chi connectivity index (χ4n) is 3.27. The number of hydrogen-bond donors (Lipinski definition) is 1. The maximum atomic E-state index is 5.88. The van der Waals surface area contributed by atoms with E-state index >= 15 is 0 Å². The van der Waals surface area contributed by atoms with Crippen LogP contribution >= 0.6 is 0 Å². The summed E-state index contributed by atoms with van der Waals surface area (Å²) in [5.74, 6) is 1.11. The van der Waals surface area contributed by atoms with Crippen LogP contribution in [0.5, 0.6) is 0 Å². The first-order valence-electron chi connectivity index (χ1n) is 7.44. The highest BCUT2D eigenvalue weighted by atomic mass is 15.3. The highest BCUT2D eigenvalue weighted by Crippen LogP contribution is 2.24. The summed E-state index contributed by atoms with van der Waals surface area (Å²) in [7, 11) is 0. The fourth-order valence-corrected chi connectivity index (χ4v) is 3.27. The Balaban J connectivity index is 1.73. The van der Waals surface area contributed by atoms with Crippen molar-refractivity contribution in [3.63, 3.8) is 0 Å². The number of fused-ring (bicyclic) bond motifs is 1. The number of nitrogens with zero attached hydrogens (tertiary/aromatic N) is 3. The van der Waals surface area contributed by atoms with Crippen molar-refractivity contribution in [2.24, 2.45) is 5.73 Å². The molecule has 4 heteroatoms. The lowest BCUT2D eigenvalue weighted by atomic mass is 10.1. The normalized spacial score (nSPS) is 26.0. The van der Waals surface area contributed by atoms with E-state index in [-0.39, 0.29) is 6.04 Å². The molecular formula is C15H24N4. The van der Waals surface area contributed by atoms with E-state index in [1.54, 1.807) is 0 Å². The molecule has 2 saturated heterocycles. The van der Waals surface area contributed by atoms with Gasteiger partial charge in [-0.25, -0.2) is 4.98 Å². The Morgan fingerprint density at radius 3 is 2.84 bits per heavy atom. The number of nitrogens with two attached hydrogens (primary N) is 1. The number of rotatable bonds is 2. The van der Waals surface area contributed by atoms with Crippen LogP contribution in [0.3, 0.4) is 0 Å². The molecular weight excluding hydrogens is 236 g/mol. The summed E-state index contributed by atoms with van der Waals surface area (Å²) >= 11 is 0. The molecule has 0 bridgehead atoms. The third-order valence-corrected chi connectivity index (χ3v) is 4.42. The topological polar surface area (TPSA) is 45.4 Å². The standard InChI is InChI=1S/C15H24N4/c1-12(16)13-5-6-15(17-10-13)19-9-3-8-18-7-2-4-14(18)11-19/h5-6,10,12,14H,2-4,7-9,11,16H2,1H3/t12-,14?/m1/s1. The van der Waals surface area contributed by atoms with Crippen molar-refractivity contribution in [1.29, 1.82) is 0 Å². The van der Waals surface area contributed by atoms with Crippen molar-refractivity contribution in [1.82, 2.24) is 9.88 Å². The maximum Gasteiger partial charge on any atom is 0.128 e. The Morgan fingerprint density at radius 1 is 1.26 bits per heavy atom. The summed E-state index contributed by atoms with van der Waals surface area (Å²) in [6.07, 6.45) is 5.87. The van der Waals surface area contributed by atoms with Gasteiger partial charge in [-0.2, -0.15) is 0 Å². The van der Waals surface area contributed by atoms with Gasteiger partial charge in [0.1, 0.15) is 5.82 Å². The van der Waals surface area contributed by atoms with Crippen LogP contribution in [0.1, 0.15) is 37.8 Å². The van der Waals surface area contributed by atoms with Crippen LogP contribution in [0.2, 0.25) is 0 Å². The van der Waals surface area contributed by atoms with Crippen molar-refractivity contribution in [3.05, 3.63) is 23.9 Å². The summed E-state index contributed by atoms with van der Waals surface area (Å²) < 4.78 is 0. The first kappa shape index (κ1) is 12.9. The van der Waals surface area contributed by atoms with Crippen molar-refractivity contribution >= 4 is 5.82 Å². The number of anilines is 1. The lowest BCUT2D eigenvalue weighted by Gasteiger charge is -2.26. The maximum absolute atomic E-state index is 5.88. The molecule has 104 valence electrons. The Labute approximate surface area is 115 Å². The summed E-state index contributed by atoms with van der Waals surface area (Å²) in [5, 5.41) is 0. The van der Waals surface area contributed by atoms with E-state index in [2.05, 4.69) is 26.9 Å². The Morgan fingerprint density at radius 2 is 2.11 bits per heavy atom. The second-order valence-electron chi connectivity index (χ2n) is 5.87. The van der Waals surface area contributed by atoms with E-state index in [4.69, 9.17) is 5.73 Å². The van der Waals surface area contributed by atoms with Crippen LogP contribution in [0.4, 0.5) is 5.82 Å². The minimum atomic E-state index is 0.0657. The molecule has 0 spiro atoms. The van der Waals surface area contributed by atoms with Gasteiger partial charge >= 0.3 is 0 Å². The van der Waals surface area contributed by atoms with Gasteiger partial charge in [-0.15, -0.1) is 0 Å². The van der Waals surface area contributed by atoms with E-state index in [9.17, 15) is 0 Å². The summed E-state index contributed by atoms with van der Waals surface area (Å²) in [6.45, 7) is 6.79. The molecule has 3 rings (SSSR count). The second-order valence-corrected chi connectivity index (χ2v) is 5.87. The van der Waals surface area contributed by atoms with E-state index in [1.807, 2.05) is 13.1 Å². The third kappa shape index (κ3) is 2.74. The van der Waals surface area contributed by atoms with Crippen LogP contribution in [0, 0.1) is 0 Å². The largest absolute Gasteiger partial charge is 0.355 e. The van der Waals surface area contributed by atoms with Gasteiger partial charge in [0.05, 0.1) is 0 Å². The lowest BCUT2D eigenvalue weighted by Crippen LogP contribution is -2.36. The number of pyridine rings is 1. The molecule has 4 nitrogen and oxygen atoms in total. The zero-order chi connectivity index (χ0) is 13.2. The second kappa shape index (κ2) is 5.47. The van der Waals surface area contributed by atoms with Crippen LogP contribution in [0.15, 0.2) is 18.3 Å². The SMILES string of the molecule is C[C@@H](N)c1ccc(N2CCCN3CCCC3C2)nc1. The van der Waals surface area contributed by atoms with Crippen LogP contribution in [-0.4, -0.2) is 42.1 Å². The molecule has 0 aromatic carbocycles. The van der Waals surface area contributed by atoms with Gasteiger partial charge in [0.25, 0.3) is 0 Å². The molecule has 2 aliphatic rings. The average molecular weight is 260 g/mol. The van der Waals surface area contributed by atoms with Gasteiger partial charge in [0, 0.05) is 37.9 Å². The predicted octanol–water partition coefficient (Wildman–Crippen LogP) is 1.78. The minimum Gasteiger partial charge on any atom is -0.355 e. The van der Waals surface area contributed by atoms with Gasteiger partial charge in [0.15, 0.2) is 0 Å². The average Bonchev–Trinajstić information content (AvgIpc) is 2.76. The fraction of sp³-hybridized carbons (Fsp3) is 0.667. The monoisotopic (exact) mass is 260 g/mol. The van der Waals surface area contributed by atoms with Gasteiger partial charge < -0.3 is 10.6 Å². The Kier molecular flexibility index (Phi) is 3.71. The lowest BCUT2D eigenvalue weighted by molar-refractivity contribution is 0.273. The van der Waals surface area contributed by atoms with Crippen molar-refractivity contribution in [2.75, 3.05) is 31.1 Å². The highest BCUT2D eigenvalue weighted by molar-refractivity contribution is 5.40. The molecule has 0 radical (unpaired) electrons. The number of aromatic nitrogens is 1. The molecule has 2 atom stereocenters. The Bertz CT molecular complexity index is 415. The van der Waals surface area contributed by atoms with Crippen LogP contribution in [-0.2, 0) is 0 Å². The predicted molar refractivity (Wildman–Crippen MR) is 78.3 cm³/mol. The third-order valence-electron chi connectivity index (χ3n) is 4.42. The molecule has 1 aromatic heterocycles. The van der Waals surface area contributed by atoms with Gasteiger partial charge in [0.2, 0.25) is 0 Å². The van der Waals surface area contributed by atoms with Crippen molar-refractivity contribution in [2.45, 2.75) is 38.3 Å². The summed E-state index contributed by atoms with van der Waals surface area (Å²) in [6, 6.07) is 5.04. The molecule has 3 heterocycles. The highest BCUT2D eigenvalue weighted by Gasteiger charge is 2.29. The molecule has 2 N–H and O–H groups in total. The first-order valence-corrected chi connectivity index (χ1v) is 7.44. The zero-order valence-electron chi connectivity index (χ0n) is 11.8. The van der Waals surface area contributed by atoms with E-state index in [0.717, 1.165) is 30.5 Å². The summed E-state index contributed by atoms with van der Waals surface area (Å²) in [4.78, 5) is 9.70. The summed E-state index contributed by atoms with van der Waals surface area (Å²) in [5.41, 5.74) is 6.99. The minimum absolute atomic E-state index is 0.0657. The van der Waals surface area contributed by atoms with Crippen LogP contribution in [0.25, 0.3) is 0 Å². The molecule has 19 heavy (non-hydrogen) atoms. The number of hydrogen-bond acceptors (Lipinski definition) is 4. The van der Waals surface area contributed by atoms with Crippen molar-refractivity contribution in [3.8, 4) is 0 Å². The van der Waals surface area contributed by atoms with Crippen LogP contribution < -0.4 is 10.6 Å². The molecule has 2 aliphatic heterocycles. The molecule has 0 saturated carbocycles. The van der Waals surface area contributed by atoms with E-state index < -0.39 is 0 Å². The quantitative estimate of drug-likeness (QED) is 0.880. The van der Waals surface area contributed by atoms with Gasteiger partial charge in [-0.3, -0.25) is 4.90 Å².